The van der Waals surface area contributed by atoms with Gasteiger partial charge in [0.2, 0.25) is 5.91 Å². The van der Waals surface area contributed by atoms with Crippen molar-refractivity contribution in [3.05, 3.63) is 41.2 Å². The number of halogens is 3. The van der Waals surface area contributed by atoms with E-state index >= 15 is 0 Å². The molecule has 3 N–H and O–H groups in total. The van der Waals surface area contributed by atoms with Gasteiger partial charge in [-0.05, 0) is 44.2 Å². The van der Waals surface area contributed by atoms with Crippen molar-refractivity contribution < 1.29 is 22.8 Å². The maximum Gasteiger partial charge on any atom is 0.321 e. The number of carbonyl (C=O) groups excluding carboxylic acids is 2. The summed E-state index contributed by atoms with van der Waals surface area (Å²) in [5, 5.41) is 6.95. The smallest absolute Gasteiger partial charge is 0.321 e. The van der Waals surface area contributed by atoms with Gasteiger partial charge in [-0.2, -0.15) is 0 Å². The van der Waals surface area contributed by atoms with Crippen molar-refractivity contribution in [2.45, 2.75) is 32.1 Å². The number of allylic oxidation sites excluding steroid dienone is 1. The van der Waals surface area contributed by atoms with Crippen LogP contribution in [0.25, 0.3) is 0 Å². The molecule has 0 atom stereocenters. The number of urea groups is 1. The van der Waals surface area contributed by atoms with Gasteiger partial charge in [-0.3, -0.25) is 10.1 Å². The molecule has 5 nitrogen and oxygen atoms in total. The van der Waals surface area contributed by atoms with Crippen LogP contribution in [0.15, 0.2) is 23.8 Å². The number of nitrogens with one attached hydrogen (secondary N) is 3. The molecular formula is C17H20F3N3O2. The van der Waals surface area contributed by atoms with Crippen molar-refractivity contribution in [3.8, 4) is 0 Å². The molecule has 0 unspecified atom stereocenters. The molecule has 0 aliphatic heterocycles. The van der Waals surface area contributed by atoms with Crippen molar-refractivity contribution in [2.24, 2.45) is 0 Å². The van der Waals surface area contributed by atoms with E-state index in [0.29, 0.717) is 6.54 Å². The van der Waals surface area contributed by atoms with Crippen molar-refractivity contribution in [1.82, 2.24) is 10.6 Å². The second-order valence-corrected chi connectivity index (χ2v) is 5.74. The summed E-state index contributed by atoms with van der Waals surface area (Å²) in [5.41, 5.74) is 0.937. The van der Waals surface area contributed by atoms with Crippen molar-refractivity contribution in [3.63, 3.8) is 0 Å². The van der Waals surface area contributed by atoms with Crippen LogP contribution in [0, 0.1) is 17.5 Å². The summed E-state index contributed by atoms with van der Waals surface area (Å²) < 4.78 is 39.3. The number of rotatable bonds is 6. The van der Waals surface area contributed by atoms with Gasteiger partial charge in [0.15, 0.2) is 17.5 Å². The predicted molar refractivity (Wildman–Crippen MR) is 87.5 cm³/mol. The van der Waals surface area contributed by atoms with E-state index in [0.717, 1.165) is 37.8 Å². The molecule has 3 amide bonds. The monoisotopic (exact) mass is 355 g/mol. The van der Waals surface area contributed by atoms with Crippen LogP contribution in [0.5, 0.6) is 0 Å². The van der Waals surface area contributed by atoms with Crippen LogP contribution in [-0.4, -0.2) is 25.0 Å². The van der Waals surface area contributed by atoms with E-state index in [1.54, 1.807) is 0 Å². The van der Waals surface area contributed by atoms with Gasteiger partial charge < -0.3 is 10.6 Å². The quantitative estimate of drug-likeness (QED) is 0.542. The van der Waals surface area contributed by atoms with E-state index < -0.39 is 35.9 Å². The highest BCUT2D eigenvalue weighted by molar-refractivity contribution is 5.96. The maximum atomic E-state index is 13.4. The van der Waals surface area contributed by atoms with Crippen molar-refractivity contribution >= 4 is 17.6 Å². The summed E-state index contributed by atoms with van der Waals surface area (Å²) >= 11 is 0. The number of amides is 3. The first kappa shape index (κ1) is 18.8. The molecule has 0 heterocycles. The molecule has 0 aromatic heterocycles. The van der Waals surface area contributed by atoms with Crippen LogP contribution in [0.2, 0.25) is 0 Å². The molecule has 8 heteroatoms. The summed E-state index contributed by atoms with van der Waals surface area (Å²) in [6.07, 6.45) is 7.35. The fourth-order valence-corrected chi connectivity index (χ4v) is 2.52. The zero-order chi connectivity index (χ0) is 18.2. The highest BCUT2D eigenvalue weighted by Crippen LogP contribution is 2.20. The lowest BCUT2D eigenvalue weighted by atomic mass is 9.97. The minimum absolute atomic E-state index is 0.362. The third-order valence-electron chi connectivity index (χ3n) is 3.84. The van der Waals surface area contributed by atoms with Gasteiger partial charge in [0.25, 0.3) is 0 Å². The van der Waals surface area contributed by atoms with Crippen LogP contribution in [0.1, 0.15) is 32.1 Å². The Bertz CT molecular complexity index is 677. The highest BCUT2D eigenvalue weighted by atomic mass is 19.2. The summed E-state index contributed by atoms with van der Waals surface area (Å²) in [6, 6.07) is 1.05. The number of carbonyl (C=O) groups is 2. The second kappa shape index (κ2) is 9.10. The molecule has 1 aliphatic carbocycles. The molecule has 25 heavy (non-hydrogen) atoms. The fourth-order valence-electron chi connectivity index (χ4n) is 2.52. The lowest BCUT2D eigenvalue weighted by Gasteiger charge is -2.13. The predicted octanol–water partition coefficient (Wildman–Crippen LogP) is 3.23. The molecule has 0 saturated carbocycles. The van der Waals surface area contributed by atoms with Crippen LogP contribution >= 0.6 is 0 Å². The number of anilines is 1. The van der Waals surface area contributed by atoms with E-state index in [9.17, 15) is 22.8 Å². The van der Waals surface area contributed by atoms with Gasteiger partial charge in [-0.25, -0.2) is 18.0 Å². The van der Waals surface area contributed by atoms with Gasteiger partial charge in [-0.1, -0.05) is 11.6 Å². The van der Waals surface area contributed by atoms with E-state index in [1.807, 2.05) is 0 Å². The maximum absolute atomic E-state index is 13.4. The van der Waals surface area contributed by atoms with Crippen molar-refractivity contribution in [2.75, 3.05) is 18.4 Å². The number of imide groups is 1. The molecule has 1 aromatic rings. The lowest BCUT2D eigenvalue weighted by molar-refractivity contribution is -0.118. The van der Waals surface area contributed by atoms with E-state index in [4.69, 9.17) is 0 Å². The molecule has 136 valence electrons. The summed E-state index contributed by atoms with van der Waals surface area (Å²) in [6.45, 7) is -0.0449. The molecule has 0 fully saturated rings. The first-order valence-corrected chi connectivity index (χ1v) is 8.10. The van der Waals surface area contributed by atoms with Crippen LogP contribution in [0.3, 0.4) is 0 Å². The zero-order valence-electron chi connectivity index (χ0n) is 13.6. The minimum atomic E-state index is -1.62. The van der Waals surface area contributed by atoms with Crippen LogP contribution < -0.4 is 16.0 Å². The Morgan fingerprint density at radius 2 is 1.88 bits per heavy atom. The Balaban J connectivity index is 1.70. The van der Waals surface area contributed by atoms with Gasteiger partial charge in [0, 0.05) is 6.54 Å². The minimum Gasteiger partial charge on any atom is -0.374 e. The lowest BCUT2D eigenvalue weighted by Crippen LogP contribution is -2.42. The number of hydrogen-bond acceptors (Lipinski definition) is 3. The number of hydrogen-bond donors (Lipinski definition) is 3. The van der Waals surface area contributed by atoms with Crippen LogP contribution in [0.4, 0.5) is 23.7 Å². The van der Waals surface area contributed by atoms with Crippen LogP contribution in [-0.2, 0) is 4.79 Å². The summed E-state index contributed by atoms with van der Waals surface area (Å²) in [7, 11) is 0. The zero-order valence-corrected chi connectivity index (χ0v) is 13.6. The Morgan fingerprint density at radius 1 is 1.08 bits per heavy atom. The van der Waals surface area contributed by atoms with Crippen molar-refractivity contribution in [1.29, 1.82) is 0 Å². The first-order valence-electron chi connectivity index (χ1n) is 8.10. The summed E-state index contributed by atoms with van der Waals surface area (Å²) in [5.74, 6) is -5.09. The molecule has 0 bridgehead atoms. The molecule has 1 aromatic carbocycles. The summed E-state index contributed by atoms with van der Waals surface area (Å²) in [4.78, 5) is 23.2. The van der Waals surface area contributed by atoms with Gasteiger partial charge in [0.1, 0.15) is 0 Å². The average molecular weight is 355 g/mol. The largest absolute Gasteiger partial charge is 0.374 e. The Kier molecular flexibility index (Phi) is 6.85. The van der Waals surface area contributed by atoms with E-state index in [-0.39, 0.29) is 5.69 Å². The fraction of sp³-hybridized carbons (Fsp3) is 0.412. The Morgan fingerprint density at radius 3 is 2.60 bits per heavy atom. The Labute approximate surface area is 143 Å². The first-order chi connectivity index (χ1) is 12.0. The highest BCUT2D eigenvalue weighted by Gasteiger charge is 2.14. The van der Waals surface area contributed by atoms with Gasteiger partial charge in [-0.15, -0.1) is 0 Å². The molecule has 0 radical (unpaired) electrons. The molecule has 0 saturated heterocycles. The molecule has 1 aliphatic rings. The average Bonchev–Trinajstić information content (AvgIpc) is 2.60. The third-order valence-corrected chi connectivity index (χ3v) is 3.84. The molecular weight excluding hydrogens is 335 g/mol. The third kappa shape index (κ3) is 5.81. The van der Waals surface area contributed by atoms with E-state index in [1.165, 1.54) is 12.0 Å². The van der Waals surface area contributed by atoms with E-state index in [2.05, 4.69) is 22.0 Å². The standard InChI is InChI=1S/C17H20F3N3O2/c18-12-6-7-13(16(20)15(12)19)22-10-14(24)23-17(25)21-9-8-11-4-2-1-3-5-11/h4,6-7,22H,1-3,5,8-10H2,(H2,21,23,24,25). The van der Waals surface area contributed by atoms with Gasteiger partial charge in [0.05, 0.1) is 12.2 Å². The Hall–Kier alpha value is -2.51. The second-order valence-electron chi connectivity index (χ2n) is 5.74. The molecule has 2 rings (SSSR count). The molecule has 0 spiro atoms. The topological polar surface area (TPSA) is 70.2 Å². The SMILES string of the molecule is O=C(CNc1ccc(F)c(F)c1F)NC(=O)NCCC1=CCCCC1. The van der Waals surface area contributed by atoms with Gasteiger partial charge >= 0.3 is 6.03 Å². The number of benzene rings is 1. The normalized spacial score (nSPS) is 13.8.